The van der Waals surface area contributed by atoms with Gasteiger partial charge in [-0.1, -0.05) is 0 Å². The first kappa shape index (κ1) is 14.2. The first-order valence-electron chi connectivity index (χ1n) is 4.98. The number of methoxy groups -OCH3 is 1. The molecule has 0 fully saturated rings. The van der Waals surface area contributed by atoms with Crippen LogP contribution in [0, 0.1) is 0 Å². The highest BCUT2D eigenvalue weighted by atomic mass is 19.4. The molecule has 0 saturated carbocycles. The van der Waals surface area contributed by atoms with E-state index in [1.165, 1.54) is 25.4 Å². The Kier molecular flexibility index (Phi) is 4.90. The molecule has 1 heterocycles. The second-order valence-corrected chi connectivity index (χ2v) is 3.36. The van der Waals surface area contributed by atoms with Crippen LogP contribution < -0.4 is 15.4 Å². The molecule has 0 spiro atoms. The number of nitrogens with one attached hydrogen (secondary N) is 2. The van der Waals surface area contributed by atoms with Gasteiger partial charge in [0.05, 0.1) is 32.1 Å². The zero-order valence-electron chi connectivity index (χ0n) is 9.54. The van der Waals surface area contributed by atoms with Crippen molar-refractivity contribution in [2.24, 2.45) is 0 Å². The van der Waals surface area contributed by atoms with Crippen molar-refractivity contribution < 1.29 is 22.7 Å². The van der Waals surface area contributed by atoms with E-state index in [0.717, 1.165) is 0 Å². The quantitative estimate of drug-likeness (QED) is 0.837. The van der Waals surface area contributed by atoms with Gasteiger partial charge in [-0.05, 0) is 6.07 Å². The summed E-state index contributed by atoms with van der Waals surface area (Å²) in [6, 6.07) is 3.06. The van der Waals surface area contributed by atoms with E-state index in [0.29, 0.717) is 11.6 Å². The maximum atomic E-state index is 11.8. The number of halogens is 3. The molecule has 1 amide bonds. The van der Waals surface area contributed by atoms with Gasteiger partial charge in [-0.15, -0.1) is 0 Å². The molecule has 0 radical (unpaired) electrons. The normalized spacial score (nSPS) is 11.1. The number of carbonyl (C=O) groups excluding carboxylic acids is 1. The lowest BCUT2D eigenvalue weighted by Crippen LogP contribution is -2.35. The number of ether oxygens (including phenoxy) is 1. The Bertz CT molecular complexity index is 392. The van der Waals surface area contributed by atoms with Crippen LogP contribution >= 0.6 is 0 Å². The van der Waals surface area contributed by atoms with Gasteiger partial charge in [0.15, 0.2) is 0 Å². The Labute approximate surface area is 101 Å². The van der Waals surface area contributed by atoms with Crippen LogP contribution in [-0.4, -0.2) is 37.3 Å². The zero-order valence-corrected chi connectivity index (χ0v) is 9.54. The van der Waals surface area contributed by atoms with E-state index in [-0.39, 0.29) is 0 Å². The highest BCUT2D eigenvalue weighted by Gasteiger charge is 2.26. The number of pyridine rings is 1. The lowest BCUT2D eigenvalue weighted by Gasteiger charge is -2.08. The van der Waals surface area contributed by atoms with Gasteiger partial charge in [0.1, 0.15) is 0 Å². The van der Waals surface area contributed by atoms with Gasteiger partial charge in [0, 0.05) is 6.07 Å². The minimum atomic E-state index is -4.33. The van der Waals surface area contributed by atoms with E-state index < -0.39 is 25.2 Å². The average molecular weight is 263 g/mol. The Balaban J connectivity index is 2.35. The molecule has 8 heteroatoms. The van der Waals surface area contributed by atoms with E-state index in [1.54, 1.807) is 0 Å². The van der Waals surface area contributed by atoms with Crippen LogP contribution in [0.5, 0.6) is 5.88 Å². The summed E-state index contributed by atoms with van der Waals surface area (Å²) in [5, 5.41) is 4.38. The lowest BCUT2D eigenvalue weighted by molar-refractivity contribution is -0.126. The minimum Gasteiger partial charge on any atom is -0.481 e. The molecule has 1 aromatic rings. The smallest absolute Gasteiger partial charge is 0.401 e. The zero-order chi connectivity index (χ0) is 13.6. The number of carbonyl (C=O) groups is 1. The van der Waals surface area contributed by atoms with Gasteiger partial charge in [0.2, 0.25) is 11.8 Å². The van der Waals surface area contributed by atoms with E-state index in [4.69, 9.17) is 4.74 Å². The van der Waals surface area contributed by atoms with Gasteiger partial charge >= 0.3 is 6.18 Å². The predicted octanol–water partition coefficient (Wildman–Crippen LogP) is 1.18. The summed E-state index contributed by atoms with van der Waals surface area (Å²) in [7, 11) is 1.45. The molecule has 0 saturated heterocycles. The Morgan fingerprint density at radius 1 is 1.44 bits per heavy atom. The Morgan fingerprint density at radius 3 is 2.67 bits per heavy atom. The summed E-state index contributed by atoms with van der Waals surface area (Å²) in [4.78, 5) is 15.1. The van der Waals surface area contributed by atoms with E-state index in [1.807, 2.05) is 5.32 Å². The molecule has 5 nitrogen and oxygen atoms in total. The number of alkyl halides is 3. The first-order chi connectivity index (χ1) is 8.40. The van der Waals surface area contributed by atoms with E-state index >= 15 is 0 Å². The average Bonchev–Trinajstić information content (AvgIpc) is 2.28. The molecule has 2 N–H and O–H groups in total. The maximum absolute atomic E-state index is 11.8. The van der Waals surface area contributed by atoms with Crippen molar-refractivity contribution in [2.75, 3.05) is 25.5 Å². The summed E-state index contributed by atoms with van der Waals surface area (Å²) in [6.07, 6.45) is -2.98. The molecule has 100 valence electrons. The third-order valence-electron chi connectivity index (χ3n) is 1.84. The number of aromatic nitrogens is 1. The predicted molar refractivity (Wildman–Crippen MR) is 58.3 cm³/mol. The molecule has 0 unspecified atom stereocenters. The van der Waals surface area contributed by atoms with Gasteiger partial charge in [-0.2, -0.15) is 13.2 Å². The number of rotatable bonds is 5. The van der Waals surface area contributed by atoms with Crippen molar-refractivity contribution in [3.05, 3.63) is 18.3 Å². The molecule has 0 aromatic carbocycles. The van der Waals surface area contributed by atoms with Crippen molar-refractivity contribution in [1.82, 2.24) is 10.3 Å². The van der Waals surface area contributed by atoms with Crippen LogP contribution in [0.15, 0.2) is 18.3 Å². The number of hydrogen-bond donors (Lipinski definition) is 2. The molecule has 0 bridgehead atoms. The SMILES string of the molecule is COc1ccc(NC(=O)CNCC(F)(F)F)cn1. The highest BCUT2D eigenvalue weighted by Crippen LogP contribution is 2.12. The van der Waals surface area contributed by atoms with Crippen LogP contribution in [0.1, 0.15) is 0 Å². The van der Waals surface area contributed by atoms with Crippen molar-refractivity contribution >= 4 is 11.6 Å². The fourth-order valence-corrected chi connectivity index (χ4v) is 1.10. The monoisotopic (exact) mass is 263 g/mol. The fraction of sp³-hybridized carbons (Fsp3) is 0.400. The molecular formula is C10H12F3N3O2. The van der Waals surface area contributed by atoms with Crippen molar-refractivity contribution in [2.45, 2.75) is 6.18 Å². The third-order valence-corrected chi connectivity index (χ3v) is 1.84. The van der Waals surface area contributed by atoms with Crippen LogP contribution in [0.2, 0.25) is 0 Å². The van der Waals surface area contributed by atoms with Crippen LogP contribution in [-0.2, 0) is 4.79 Å². The van der Waals surface area contributed by atoms with E-state index in [2.05, 4.69) is 10.3 Å². The summed E-state index contributed by atoms with van der Waals surface area (Å²) in [6.45, 7) is -1.63. The van der Waals surface area contributed by atoms with Gasteiger partial charge < -0.3 is 15.4 Å². The first-order valence-corrected chi connectivity index (χ1v) is 4.98. The molecule has 0 aliphatic heterocycles. The second kappa shape index (κ2) is 6.20. The summed E-state index contributed by atoms with van der Waals surface area (Å²) < 4.78 is 40.2. The van der Waals surface area contributed by atoms with Gasteiger partial charge in [-0.3, -0.25) is 4.79 Å². The van der Waals surface area contributed by atoms with Crippen LogP contribution in [0.25, 0.3) is 0 Å². The topological polar surface area (TPSA) is 63.2 Å². The second-order valence-electron chi connectivity index (χ2n) is 3.36. The molecule has 1 rings (SSSR count). The standard InChI is InChI=1S/C10H12F3N3O2/c1-18-9-3-2-7(4-15-9)16-8(17)5-14-6-10(11,12)13/h2-4,14H,5-6H2,1H3,(H,16,17). The molecule has 1 aromatic heterocycles. The van der Waals surface area contributed by atoms with Crippen LogP contribution in [0.4, 0.5) is 18.9 Å². The van der Waals surface area contributed by atoms with Crippen LogP contribution in [0.3, 0.4) is 0 Å². The summed E-state index contributed by atoms with van der Waals surface area (Å²) in [5.74, 6) is -0.200. The minimum absolute atomic E-state index is 0.378. The molecular weight excluding hydrogens is 251 g/mol. The van der Waals surface area contributed by atoms with Crippen molar-refractivity contribution in [3.63, 3.8) is 0 Å². The van der Waals surface area contributed by atoms with Gasteiger partial charge in [0.25, 0.3) is 0 Å². The van der Waals surface area contributed by atoms with Crippen molar-refractivity contribution in [1.29, 1.82) is 0 Å². The number of hydrogen-bond acceptors (Lipinski definition) is 4. The maximum Gasteiger partial charge on any atom is 0.401 e. The molecule has 0 aliphatic carbocycles. The number of anilines is 1. The summed E-state index contributed by atoms with van der Waals surface area (Å²) >= 11 is 0. The fourth-order valence-electron chi connectivity index (χ4n) is 1.10. The summed E-state index contributed by atoms with van der Waals surface area (Å²) in [5.41, 5.74) is 0.384. The highest BCUT2D eigenvalue weighted by molar-refractivity contribution is 5.92. The molecule has 0 aliphatic rings. The third kappa shape index (κ3) is 5.48. The Morgan fingerprint density at radius 2 is 2.17 bits per heavy atom. The van der Waals surface area contributed by atoms with Gasteiger partial charge in [-0.25, -0.2) is 4.98 Å². The van der Waals surface area contributed by atoms with Crippen molar-refractivity contribution in [3.8, 4) is 5.88 Å². The Hall–Kier alpha value is -1.83. The number of amides is 1. The molecule has 0 atom stereocenters. The lowest BCUT2D eigenvalue weighted by atomic mass is 10.4. The van der Waals surface area contributed by atoms with E-state index in [9.17, 15) is 18.0 Å². The largest absolute Gasteiger partial charge is 0.481 e. The molecule has 18 heavy (non-hydrogen) atoms. The number of nitrogens with zero attached hydrogens (tertiary/aromatic N) is 1.